The van der Waals surface area contributed by atoms with Gasteiger partial charge in [-0.05, 0) is 85.8 Å². The lowest BCUT2D eigenvalue weighted by Crippen LogP contribution is -2.20. The average Bonchev–Trinajstić information content (AvgIpc) is 3.79. The van der Waals surface area contributed by atoms with Gasteiger partial charge in [-0.1, -0.05) is 0 Å². The highest BCUT2D eigenvalue weighted by Crippen LogP contribution is 2.43. The number of hydrogen-bond donors (Lipinski definition) is 2. The van der Waals surface area contributed by atoms with Gasteiger partial charge in [0.2, 0.25) is 0 Å². The Balaban J connectivity index is 1.85. The number of carbonyl (C=O) groups is 4. The Morgan fingerprint density at radius 3 is 1.70 bits per heavy atom. The van der Waals surface area contributed by atoms with Crippen LogP contribution in [0.5, 0.6) is 0 Å². The number of nitrogens with one attached hydrogen (secondary N) is 1. The van der Waals surface area contributed by atoms with Crippen molar-refractivity contribution in [3.05, 3.63) is 92.0 Å². The summed E-state index contributed by atoms with van der Waals surface area (Å²) in [5.41, 5.74) is 6.70. The van der Waals surface area contributed by atoms with E-state index in [-0.39, 0.29) is 50.9 Å². The smallest absolute Gasteiger partial charge is 0.310 e. The van der Waals surface area contributed by atoms with Crippen molar-refractivity contribution in [1.82, 2.24) is 5.32 Å². The quantitative estimate of drug-likeness (QED) is 0.206. The summed E-state index contributed by atoms with van der Waals surface area (Å²) in [6.45, 7) is 5.85. The molecule has 0 aromatic rings. The van der Waals surface area contributed by atoms with E-state index in [1.165, 1.54) is 28.4 Å². The van der Waals surface area contributed by atoms with Crippen molar-refractivity contribution in [3.8, 4) is 0 Å². The van der Waals surface area contributed by atoms with Crippen molar-refractivity contribution in [2.45, 2.75) is 59.3 Å². The number of allylic oxidation sites excluding steroid dienone is 8. The van der Waals surface area contributed by atoms with Crippen molar-refractivity contribution in [2.75, 3.05) is 42.2 Å². The zero-order valence-electron chi connectivity index (χ0n) is 31.2. The molecule has 0 saturated carbocycles. The molecule has 0 aromatic heterocycles. The monoisotopic (exact) mass is 728 g/mol. The number of carbonyl (C=O) groups excluding carboxylic acids is 4. The minimum absolute atomic E-state index is 0.00759. The maximum atomic E-state index is 12.9. The van der Waals surface area contributed by atoms with Gasteiger partial charge in [0.25, 0.3) is 0 Å². The largest absolute Gasteiger partial charge is 0.509 e. The van der Waals surface area contributed by atoms with E-state index >= 15 is 0 Å². The van der Waals surface area contributed by atoms with E-state index in [1.54, 1.807) is 31.4 Å². The number of aliphatic hydroxyl groups is 1. The normalized spacial score (nSPS) is 18.8. The third kappa shape index (κ3) is 7.92. The van der Waals surface area contributed by atoms with Crippen LogP contribution in [0.2, 0.25) is 0 Å². The molecule has 5 rings (SSSR count). The molecule has 0 radical (unpaired) electrons. The molecule has 5 aliphatic heterocycles. The zero-order chi connectivity index (χ0) is 38.6. The van der Waals surface area contributed by atoms with Crippen molar-refractivity contribution in [1.29, 1.82) is 0 Å². The van der Waals surface area contributed by atoms with Crippen LogP contribution in [-0.2, 0) is 42.9 Å². The van der Waals surface area contributed by atoms with Crippen LogP contribution in [-0.4, -0.2) is 88.3 Å². The molecule has 53 heavy (non-hydrogen) atoms. The highest BCUT2D eigenvalue weighted by atomic mass is 16.5. The van der Waals surface area contributed by atoms with Crippen LogP contribution >= 0.6 is 0 Å². The summed E-state index contributed by atoms with van der Waals surface area (Å²) >= 11 is 0. The number of ether oxygens (including phenoxy) is 5. The first-order valence-corrected chi connectivity index (χ1v) is 17.0. The van der Waals surface area contributed by atoms with Gasteiger partial charge in [0, 0.05) is 31.2 Å². The Morgan fingerprint density at radius 1 is 0.642 bits per heavy atom. The second kappa shape index (κ2) is 15.9. The predicted octanol–water partition coefficient (Wildman–Crippen LogP) is 4.89. The number of hydrogen-bond acceptors (Lipinski definition) is 14. The number of rotatable bonds is 12. The van der Waals surface area contributed by atoms with Gasteiger partial charge >= 0.3 is 23.9 Å². The summed E-state index contributed by atoms with van der Waals surface area (Å²) in [5, 5.41) is 14.9. The summed E-state index contributed by atoms with van der Waals surface area (Å²) in [5.74, 6) is -1.88. The van der Waals surface area contributed by atoms with Crippen LogP contribution in [0.15, 0.2) is 107 Å². The summed E-state index contributed by atoms with van der Waals surface area (Å²) in [6, 6.07) is 0. The summed E-state index contributed by atoms with van der Waals surface area (Å²) in [7, 11) is 6.75. The molecule has 0 unspecified atom stereocenters. The molecule has 5 aliphatic rings. The second-order valence-electron chi connectivity index (χ2n) is 13.3. The first-order chi connectivity index (χ1) is 25.2. The second-order valence-corrected chi connectivity index (χ2v) is 13.3. The van der Waals surface area contributed by atoms with Gasteiger partial charge in [-0.3, -0.25) is 19.2 Å². The number of fused-ring (bicyclic) bond motifs is 5. The summed E-state index contributed by atoms with van der Waals surface area (Å²) < 4.78 is 25.6. The van der Waals surface area contributed by atoms with Crippen molar-refractivity contribution in [3.63, 3.8) is 0 Å². The lowest BCUT2D eigenvalue weighted by molar-refractivity contribution is -0.141. The molecule has 0 saturated heterocycles. The number of esters is 4. The molecule has 0 fully saturated rings. The van der Waals surface area contributed by atoms with Gasteiger partial charge < -0.3 is 34.1 Å². The third-order valence-electron chi connectivity index (χ3n) is 9.73. The SMILES string of the molecule is COCC1=C(C)C2=CC3=C(O)C(C)(C)C(=CC4=NC(=CC5=NC(=CC1=N2)C(CC(=O)OC)=C5CCC(=O)OC)C(CCC(=O)OC)=C4CC(=O)OC)N3. The topological polar surface area (TPSA) is 184 Å². The molecule has 0 aromatic carbocycles. The van der Waals surface area contributed by atoms with Crippen LogP contribution in [0, 0.1) is 5.41 Å². The number of nitrogens with zero attached hydrogens (tertiary/aromatic N) is 3. The average molecular weight is 729 g/mol. The molecular weight excluding hydrogens is 684 g/mol. The number of aliphatic imine (C=N–C) groups is 3. The van der Waals surface area contributed by atoms with E-state index < -0.39 is 29.3 Å². The standard InChI is InChI=1S/C39H44N4O10/c1-20-25(19-49-4)30-17-29-23(13-36(46)52-7)21(9-11-34(44)50-5)27(41-29)16-28-22(10-12-35(45)51-6)24(14-37(47)53-8)31(42-28)18-33-39(2,3)38(48)32(43-33)15-26(20)40-30/h15-18,43,48H,9-14,19H2,1-8H3. The minimum Gasteiger partial charge on any atom is -0.509 e. The fourth-order valence-corrected chi connectivity index (χ4v) is 6.56. The van der Waals surface area contributed by atoms with Crippen LogP contribution in [0.3, 0.4) is 0 Å². The fraction of sp³-hybridized carbons (Fsp3) is 0.410. The van der Waals surface area contributed by atoms with Gasteiger partial charge in [-0.15, -0.1) is 0 Å². The van der Waals surface area contributed by atoms with E-state index in [1.807, 2.05) is 20.8 Å². The number of methoxy groups -OCH3 is 5. The molecule has 2 N–H and O–H groups in total. The molecule has 0 amide bonds. The van der Waals surface area contributed by atoms with Gasteiger partial charge in [0.1, 0.15) is 5.76 Å². The molecule has 8 bridgehead atoms. The summed E-state index contributed by atoms with van der Waals surface area (Å²) in [4.78, 5) is 65.5. The van der Waals surface area contributed by atoms with Crippen molar-refractivity contribution < 1.29 is 48.0 Å². The fourth-order valence-electron chi connectivity index (χ4n) is 6.56. The van der Waals surface area contributed by atoms with Gasteiger partial charge in [0.05, 0.1) is 93.2 Å². The Labute approximate surface area is 307 Å². The Hall–Kier alpha value is -5.63. The Bertz CT molecular complexity index is 2010. The van der Waals surface area contributed by atoms with Crippen molar-refractivity contribution in [2.24, 2.45) is 20.4 Å². The maximum absolute atomic E-state index is 12.9. The van der Waals surface area contributed by atoms with Crippen LogP contribution in [0.1, 0.15) is 59.3 Å². The molecule has 0 atom stereocenters. The third-order valence-corrected chi connectivity index (χ3v) is 9.73. The predicted molar refractivity (Wildman–Crippen MR) is 196 cm³/mol. The molecule has 0 aliphatic carbocycles. The van der Waals surface area contributed by atoms with E-state index in [9.17, 15) is 24.3 Å². The van der Waals surface area contributed by atoms with E-state index in [2.05, 4.69) is 5.32 Å². The van der Waals surface area contributed by atoms with Gasteiger partial charge in [-0.25, -0.2) is 15.0 Å². The Kier molecular flexibility index (Phi) is 11.6. The lowest BCUT2D eigenvalue weighted by Gasteiger charge is -2.20. The molecular formula is C39H44N4O10. The Morgan fingerprint density at radius 2 is 1.13 bits per heavy atom. The van der Waals surface area contributed by atoms with E-state index in [0.717, 1.165) is 11.1 Å². The van der Waals surface area contributed by atoms with Crippen molar-refractivity contribution >= 4 is 41.0 Å². The molecule has 14 nitrogen and oxygen atoms in total. The summed E-state index contributed by atoms with van der Waals surface area (Å²) in [6.07, 6.45) is 6.99. The number of aliphatic hydroxyl groups excluding tert-OH is 1. The first-order valence-electron chi connectivity index (χ1n) is 17.0. The zero-order valence-corrected chi connectivity index (χ0v) is 31.2. The van der Waals surface area contributed by atoms with E-state index in [4.69, 9.17) is 38.7 Å². The maximum Gasteiger partial charge on any atom is 0.310 e. The van der Waals surface area contributed by atoms with Crippen LogP contribution in [0.4, 0.5) is 0 Å². The minimum atomic E-state index is -0.895. The van der Waals surface area contributed by atoms with Gasteiger partial charge in [-0.2, -0.15) is 0 Å². The highest BCUT2D eigenvalue weighted by Gasteiger charge is 2.39. The molecule has 280 valence electrons. The molecule has 0 spiro atoms. The van der Waals surface area contributed by atoms with Crippen LogP contribution < -0.4 is 5.32 Å². The first kappa shape index (κ1) is 38.6. The lowest BCUT2D eigenvalue weighted by atomic mass is 9.87. The van der Waals surface area contributed by atoms with Gasteiger partial charge in [0.15, 0.2) is 0 Å². The molecule has 14 heteroatoms. The highest BCUT2D eigenvalue weighted by molar-refractivity contribution is 6.19. The van der Waals surface area contributed by atoms with E-state index in [0.29, 0.717) is 67.9 Å². The van der Waals surface area contributed by atoms with Crippen LogP contribution in [0.25, 0.3) is 0 Å². The molecule has 5 heterocycles.